The Morgan fingerprint density at radius 3 is 2.45 bits per heavy atom. The van der Waals surface area contributed by atoms with E-state index in [1.165, 1.54) is 20.1 Å². The predicted octanol–water partition coefficient (Wildman–Crippen LogP) is 2.69. The lowest BCUT2D eigenvalue weighted by Gasteiger charge is -2.22. The minimum Gasteiger partial charge on any atom is -0.385 e. The summed E-state index contributed by atoms with van der Waals surface area (Å²) in [5.74, 6) is -1.27. The summed E-state index contributed by atoms with van der Waals surface area (Å²) in [6, 6.07) is 10.8. The third-order valence-electron chi connectivity index (χ3n) is 4.08. The van der Waals surface area contributed by atoms with Crippen molar-refractivity contribution in [1.29, 1.82) is 0 Å². The molecule has 7 nitrogen and oxygen atoms in total. The smallest absolute Gasteiger partial charge is 0.243 e. The molecule has 0 aliphatic heterocycles. The van der Waals surface area contributed by atoms with E-state index in [-0.39, 0.29) is 17.2 Å². The first-order chi connectivity index (χ1) is 13.7. The van der Waals surface area contributed by atoms with Crippen LogP contribution in [0.25, 0.3) is 0 Å². The Balaban J connectivity index is 2.19. The summed E-state index contributed by atoms with van der Waals surface area (Å²) < 4.78 is 44.9. The van der Waals surface area contributed by atoms with Gasteiger partial charge in [0.15, 0.2) is 5.78 Å². The van der Waals surface area contributed by atoms with Crippen molar-refractivity contribution in [2.24, 2.45) is 0 Å². The molecule has 0 unspecified atom stereocenters. The number of benzene rings is 2. The van der Waals surface area contributed by atoms with E-state index in [2.05, 4.69) is 5.32 Å². The van der Waals surface area contributed by atoms with Gasteiger partial charge in [-0.1, -0.05) is 12.1 Å². The molecule has 9 heteroatoms. The van der Waals surface area contributed by atoms with E-state index in [4.69, 9.17) is 4.74 Å². The van der Waals surface area contributed by atoms with Crippen LogP contribution in [0.4, 0.5) is 10.1 Å². The number of Topliss-reactive ketones (excluding diaryl/α,β-unsaturated/α-hetero) is 1. The summed E-state index contributed by atoms with van der Waals surface area (Å²) in [5.41, 5.74) is 0.817. The second-order valence-corrected chi connectivity index (χ2v) is 8.26. The molecule has 0 saturated carbocycles. The van der Waals surface area contributed by atoms with Crippen molar-refractivity contribution in [2.75, 3.05) is 32.1 Å². The maximum absolute atomic E-state index is 13.2. The molecule has 0 heterocycles. The summed E-state index contributed by atoms with van der Waals surface area (Å²) in [7, 11) is -2.52. The fourth-order valence-corrected chi connectivity index (χ4v) is 4.04. The Morgan fingerprint density at radius 2 is 1.83 bits per heavy atom. The minimum absolute atomic E-state index is 0.0501. The summed E-state index contributed by atoms with van der Waals surface area (Å²) in [5, 5.41) is 2.60. The third-order valence-corrected chi connectivity index (χ3v) is 5.94. The van der Waals surface area contributed by atoms with Crippen LogP contribution >= 0.6 is 0 Å². The van der Waals surface area contributed by atoms with Gasteiger partial charge in [0, 0.05) is 31.5 Å². The van der Waals surface area contributed by atoms with Crippen LogP contribution in [0.15, 0.2) is 53.4 Å². The van der Waals surface area contributed by atoms with E-state index >= 15 is 0 Å². The Kier molecular flexibility index (Phi) is 8.00. The molecular formula is C20H23FN2O5S. The van der Waals surface area contributed by atoms with E-state index in [1.54, 1.807) is 18.2 Å². The quantitative estimate of drug-likeness (QED) is 0.469. The van der Waals surface area contributed by atoms with Crippen LogP contribution < -0.4 is 5.32 Å². The lowest BCUT2D eigenvalue weighted by atomic mass is 10.1. The Morgan fingerprint density at radius 1 is 1.14 bits per heavy atom. The van der Waals surface area contributed by atoms with Crippen molar-refractivity contribution in [3.8, 4) is 0 Å². The van der Waals surface area contributed by atoms with Crippen molar-refractivity contribution < 1.29 is 27.1 Å². The second kappa shape index (κ2) is 10.2. The number of ketones is 1. The number of nitrogens with one attached hydrogen (secondary N) is 1. The lowest BCUT2D eigenvalue weighted by molar-refractivity contribution is -0.116. The van der Waals surface area contributed by atoms with Crippen molar-refractivity contribution >= 4 is 27.4 Å². The van der Waals surface area contributed by atoms with Crippen molar-refractivity contribution in [3.05, 3.63) is 59.9 Å². The highest BCUT2D eigenvalue weighted by atomic mass is 32.2. The number of carbonyl (C=O) groups is 2. The molecule has 2 aromatic rings. The average Bonchev–Trinajstić information content (AvgIpc) is 2.67. The molecule has 0 aromatic heterocycles. The molecule has 29 heavy (non-hydrogen) atoms. The molecule has 0 aliphatic rings. The molecule has 0 aliphatic carbocycles. The number of halogens is 1. The van der Waals surface area contributed by atoms with Crippen LogP contribution in [0, 0.1) is 5.82 Å². The number of nitrogens with zero attached hydrogens (tertiary/aromatic N) is 1. The lowest BCUT2D eigenvalue weighted by Crippen LogP contribution is -2.39. The largest absolute Gasteiger partial charge is 0.385 e. The number of methoxy groups -OCH3 is 1. The van der Waals surface area contributed by atoms with Gasteiger partial charge in [0.2, 0.25) is 15.9 Å². The van der Waals surface area contributed by atoms with Crippen LogP contribution in [0.5, 0.6) is 0 Å². The zero-order valence-electron chi connectivity index (χ0n) is 16.2. The van der Waals surface area contributed by atoms with Crippen LogP contribution in [-0.4, -0.2) is 51.2 Å². The molecule has 1 amide bonds. The molecule has 0 atom stereocenters. The number of carbonyl (C=O) groups excluding carboxylic acids is 2. The first-order valence-electron chi connectivity index (χ1n) is 8.89. The number of anilines is 1. The first kappa shape index (κ1) is 22.7. The highest BCUT2D eigenvalue weighted by molar-refractivity contribution is 7.89. The van der Waals surface area contributed by atoms with Crippen LogP contribution in [-0.2, 0) is 19.6 Å². The SMILES string of the molecule is COCCCN(CC(=O)Nc1cccc(C(C)=O)c1)S(=O)(=O)c1ccc(F)cc1. The van der Waals surface area contributed by atoms with Gasteiger partial charge in [-0.2, -0.15) is 4.31 Å². The van der Waals surface area contributed by atoms with Crippen LogP contribution in [0.1, 0.15) is 23.7 Å². The van der Waals surface area contributed by atoms with Gasteiger partial charge in [-0.05, 0) is 49.7 Å². The summed E-state index contributed by atoms with van der Waals surface area (Å²) in [4.78, 5) is 23.8. The maximum Gasteiger partial charge on any atom is 0.243 e. The van der Waals surface area contributed by atoms with Crippen molar-refractivity contribution in [3.63, 3.8) is 0 Å². The molecule has 0 radical (unpaired) electrons. The fourth-order valence-electron chi connectivity index (χ4n) is 2.60. The van der Waals surface area contributed by atoms with E-state index in [1.807, 2.05) is 0 Å². The highest BCUT2D eigenvalue weighted by Crippen LogP contribution is 2.17. The third kappa shape index (κ3) is 6.45. The number of sulfonamides is 1. The van der Waals surface area contributed by atoms with Gasteiger partial charge < -0.3 is 10.1 Å². The summed E-state index contributed by atoms with van der Waals surface area (Å²) in [6.07, 6.45) is 0.379. The molecule has 0 bridgehead atoms. The molecule has 0 spiro atoms. The number of ether oxygens (including phenoxy) is 1. The number of rotatable bonds is 10. The Labute approximate surface area is 169 Å². The zero-order valence-corrected chi connectivity index (χ0v) is 17.0. The Hall–Kier alpha value is -2.62. The second-order valence-electron chi connectivity index (χ2n) is 6.32. The molecule has 0 fully saturated rings. The Bertz CT molecular complexity index is 961. The normalized spacial score (nSPS) is 11.4. The van der Waals surface area contributed by atoms with Gasteiger partial charge in [-0.25, -0.2) is 12.8 Å². The number of hydrogen-bond acceptors (Lipinski definition) is 5. The first-order valence-corrected chi connectivity index (χ1v) is 10.3. The molecule has 2 rings (SSSR count). The van der Waals surface area contributed by atoms with Gasteiger partial charge in [0.1, 0.15) is 5.82 Å². The average molecular weight is 422 g/mol. The predicted molar refractivity (Wildman–Crippen MR) is 107 cm³/mol. The zero-order chi connectivity index (χ0) is 21.4. The van der Waals surface area contributed by atoms with E-state index < -0.39 is 28.3 Å². The van der Waals surface area contributed by atoms with E-state index in [9.17, 15) is 22.4 Å². The monoisotopic (exact) mass is 422 g/mol. The van der Waals surface area contributed by atoms with Crippen LogP contribution in [0.2, 0.25) is 0 Å². The topological polar surface area (TPSA) is 92.8 Å². The van der Waals surface area contributed by atoms with E-state index in [0.717, 1.165) is 28.6 Å². The summed E-state index contributed by atoms with van der Waals surface area (Å²) >= 11 is 0. The molecule has 2 aromatic carbocycles. The number of amides is 1. The van der Waals surface area contributed by atoms with Gasteiger partial charge >= 0.3 is 0 Å². The highest BCUT2D eigenvalue weighted by Gasteiger charge is 2.26. The molecule has 156 valence electrons. The molecule has 1 N–H and O–H groups in total. The van der Waals surface area contributed by atoms with Crippen molar-refractivity contribution in [2.45, 2.75) is 18.2 Å². The summed E-state index contributed by atoms with van der Waals surface area (Å²) in [6.45, 7) is 1.34. The van der Waals surface area contributed by atoms with Gasteiger partial charge in [-0.15, -0.1) is 0 Å². The van der Waals surface area contributed by atoms with Crippen molar-refractivity contribution in [1.82, 2.24) is 4.31 Å². The van der Waals surface area contributed by atoms with E-state index in [0.29, 0.717) is 24.3 Å². The maximum atomic E-state index is 13.2. The minimum atomic E-state index is -4.01. The van der Waals surface area contributed by atoms with Gasteiger partial charge in [-0.3, -0.25) is 9.59 Å². The standard InChI is InChI=1S/C20H23FN2O5S/c1-15(24)16-5-3-6-18(13-16)22-20(25)14-23(11-4-12-28-2)29(26,27)19-9-7-17(21)8-10-19/h3,5-10,13H,4,11-12,14H2,1-2H3,(H,22,25). The molecular weight excluding hydrogens is 399 g/mol. The fraction of sp³-hybridized carbons (Fsp3) is 0.300. The van der Waals surface area contributed by atoms with Gasteiger partial charge in [0.25, 0.3) is 0 Å². The van der Waals surface area contributed by atoms with Gasteiger partial charge in [0.05, 0.1) is 11.4 Å². The molecule has 0 saturated heterocycles. The number of hydrogen-bond donors (Lipinski definition) is 1. The van der Waals surface area contributed by atoms with Crippen LogP contribution in [0.3, 0.4) is 0 Å².